The molecule has 0 nitrogen and oxygen atoms in total. The summed E-state index contributed by atoms with van der Waals surface area (Å²) in [6, 6.07) is 0. The third-order valence-corrected chi connectivity index (χ3v) is 7.84. The Bertz CT molecular complexity index is 222. The smallest absolute Gasteiger partial charge is 0.0523 e. The maximum Gasteiger partial charge on any atom is 0.0523 e. The fourth-order valence-corrected chi connectivity index (χ4v) is 5.57. The summed E-state index contributed by atoms with van der Waals surface area (Å²) < 4.78 is 0. The fourth-order valence-electron chi connectivity index (χ4n) is 3.24. The molecule has 1 fully saturated rings. The minimum atomic E-state index is 0.214. The molecular weight excluding hydrogens is 267 g/mol. The van der Waals surface area contributed by atoms with E-state index in [4.69, 9.17) is 23.2 Å². The molecule has 0 bridgehead atoms. The molecule has 0 aromatic heterocycles. The Balaban J connectivity index is 2.56. The Morgan fingerprint density at radius 2 is 2.06 bits per heavy atom. The molecule has 0 N–H and O–H groups in total. The van der Waals surface area contributed by atoms with Crippen molar-refractivity contribution in [3.05, 3.63) is 0 Å². The monoisotopic (exact) mass is 294 g/mol. The molecule has 4 unspecified atom stereocenters. The average molecular weight is 295 g/mol. The molecule has 0 spiro atoms. The average Bonchev–Trinajstić information content (AvgIpc) is 2.31. The number of hydrogen-bond donors (Lipinski definition) is 0. The van der Waals surface area contributed by atoms with E-state index < -0.39 is 0 Å². The molecule has 3 heteroatoms. The topological polar surface area (TPSA) is 0 Å². The van der Waals surface area contributed by atoms with E-state index in [2.05, 4.69) is 13.8 Å². The zero-order valence-electron chi connectivity index (χ0n) is 11.6. The SMILES string of the molecule is CCCCC(CC)CC1([SiH3])CCCC(Cl)C1Cl. The number of hydrogen-bond acceptors (Lipinski definition) is 0. The van der Waals surface area contributed by atoms with Gasteiger partial charge in [0.15, 0.2) is 0 Å². The van der Waals surface area contributed by atoms with Crippen LogP contribution in [-0.2, 0) is 0 Å². The molecule has 0 aliphatic heterocycles. The minimum absolute atomic E-state index is 0.214. The van der Waals surface area contributed by atoms with Crippen LogP contribution in [0, 0.1) is 5.92 Å². The van der Waals surface area contributed by atoms with Gasteiger partial charge in [-0.05, 0) is 30.2 Å². The summed E-state index contributed by atoms with van der Waals surface area (Å²) in [5.41, 5.74) is 0. The van der Waals surface area contributed by atoms with E-state index >= 15 is 0 Å². The lowest BCUT2D eigenvalue weighted by atomic mass is 9.79. The van der Waals surface area contributed by atoms with Crippen LogP contribution in [0.5, 0.6) is 0 Å². The highest BCUT2D eigenvalue weighted by atomic mass is 35.5. The first-order valence-electron chi connectivity index (χ1n) is 7.31. The highest BCUT2D eigenvalue weighted by molar-refractivity contribution is 6.34. The summed E-state index contributed by atoms with van der Waals surface area (Å²) in [5, 5.41) is 0.840. The van der Waals surface area contributed by atoms with Gasteiger partial charge < -0.3 is 0 Å². The van der Waals surface area contributed by atoms with Gasteiger partial charge in [0, 0.05) is 10.2 Å². The Morgan fingerprint density at radius 1 is 1.35 bits per heavy atom. The summed E-state index contributed by atoms with van der Waals surface area (Å²) >= 11 is 13.0. The third kappa shape index (κ3) is 4.43. The van der Waals surface area contributed by atoms with Crippen molar-refractivity contribution in [3.63, 3.8) is 0 Å². The van der Waals surface area contributed by atoms with E-state index in [-0.39, 0.29) is 10.8 Å². The zero-order valence-corrected chi connectivity index (χ0v) is 15.2. The predicted octanol–water partition coefficient (Wildman–Crippen LogP) is 4.52. The van der Waals surface area contributed by atoms with Crippen LogP contribution in [0.2, 0.25) is 5.04 Å². The lowest BCUT2D eigenvalue weighted by Crippen LogP contribution is -2.37. The van der Waals surface area contributed by atoms with E-state index in [0.29, 0.717) is 5.04 Å². The first-order chi connectivity index (χ1) is 8.03. The van der Waals surface area contributed by atoms with Crippen LogP contribution in [0.3, 0.4) is 0 Å². The van der Waals surface area contributed by atoms with Crippen LogP contribution >= 0.6 is 23.2 Å². The Morgan fingerprint density at radius 3 is 2.65 bits per heavy atom. The quantitative estimate of drug-likeness (QED) is 0.499. The molecule has 102 valence electrons. The van der Waals surface area contributed by atoms with E-state index in [1.807, 2.05) is 0 Å². The van der Waals surface area contributed by atoms with Crippen molar-refractivity contribution in [2.45, 2.75) is 81.0 Å². The van der Waals surface area contributed by atoms with Crippen molar-refractivity contribution in [1.29, 1.82) is 0 Å². The predicted molar refractivity (Wildman–Crippen MR) is 83.7 cm³/mol. The molecule has 0 amide bonds. The fraction of sp³-hybridized carbons (Fsp3) is 1.00. The second kappa shape index (κ2) is 7.40. The van der Waals surface area contributed by atoms with E-state index in [1.165, 1.54) is 55.2 Å². The second-order valence-electron chi connectivity index (χ2n) is 6.08. The molecule has 0 aromatic carbocycles. The van der Waals surface area contributed by atoms with Crippen molar-refractivity contribution >= 4 is 33.4 Å². The van der Waals surface area contributed by atoms with Crippen molar-refractivity contribution in [2.24, 2.45) is 5.92 Å². The van der Waals surface area contributed by atoms with Gasteiger partial charge in [-0.3, -0.25) is 0 Å². The number of unbranched alkanes of at least 4 members (excludes halogenated alkanes) is 1. The Labute approximate surface area is 120 Å². The first-order valence-corrected chi connectivity index (χ1v) is 9.19. The summed E-state index contributed by atoms with van der Waals surface area (Å²) in [7, 11) is 1.20. The molecule has 0 aromatic rings. The molecule has 17 heavy (non-hydrogen) atoms. The summed E-state index contributed by atoms with van der Waals surface area (Å²) in [6.45, 7) is 4.61. The Kier molecular flexibility index (Phi) is 6.90. The molecule has 0 heterocycles. The van der Waals surface area contributed by atoms with E-state index in [0.717, 1.165) is 12.3 Å². The van der Waals surface area contributed by atoms with Gasteiger partial charge >= 0.3 is 0 Å². The third-order valence-electron chi connectivity index (χ3n) is 4.51. The van der Waals surface area contributed by atoms with Crippen LogP contribution in [0.4, 0.5) is 0 Å². The van der Waals surface area contributed by atoms with Gasteiger partial charge in [0.25, 0.3) is 0 Å². The zero-order chi connectivity index (χ0) is 12.9. The molecular formula is C14H28Cl2Si. The lowest BCUT2D eigenvalue weighted by molar-refractivity contribution is 0.294. The van der Waals surface area contributed by atoms with Gasteiger partial charge in [0.05, 0.1) is 10.8 Å². The van der Waals surface area contributed by atoms with Gasteiger partial charge in [0.2, 0.25) is 0 Å². The van der Waals surface area contributed by atoms with Crippen molar-refractivity contribution in [2.75, 3.05) is 0 Å². The number of halogens is 2. The normalized spacial score (nSPS) is 36.0. The lowest BCUT2D eigenvalue weighted by Gasteiger charge is -2.43. The summed E-state index contributed by atoms with van der Waals surface area (Å²) in [4.78, 5) is 0. The molecule has 1 aliphatic rings. The maximum absolute atomic E-state index is 6.61. The Hall–Kier alpha value is 0.797. The molecule has 0 saturated heterocycles. The molecule has 0 radical (unpaired) electrons. The number of rotatable bonds is 6. The van der Waals surface area contributed by atoms with Crippen molar-refractivity contribution in [3.8, 4) is 0 Å². The van der Waals surface area contributed by atoms with Crippen molar-refractivity contribution in [1.82, 2.24) is 0 Å². The van der Waals surface area contributed by atoms with Crippen molar-refractivity contribution < 1.29 is 0 Å². The highest BCUT2D eigenvalue weighted by Crippen LogP contribution is 2.50. The van der Waals surface area contributed by atoms with Gasteiger partial charge in [-0.1, -0.05) is 46.0 Å². The minimum Gasteiger partial charge on any atom is -0.121 e. The van der Waals surface area contributed by atoms with Crippen LogP contribution in [0.1, 0.15) is 65.2 Å². The van der Waals surface area contributed by atoms with Gasteiger partial charge in [-0.2, -0.15) is 0 Å². The molecule has 1 rings (SSSR count). The summed E-state index contributed by atoms with van der Waals surface area (Å²) in [6.07, 6.45) is 10.4. The van der Waals surface area contributed by atoms with Gasteiger partial charge in [-0.15, -0.1) is 23.2 Å². The van der Waals surface area contributed by atoms with Gasteiger partial charge in [0.1, 0.15) is 0 Å². The maximum atomic E-state index is 6.61. The largest absolute Gasteiger partial charge is 0.121 e. The van der Waals surface area contributed by atoms with Crippen LogP contribution < -0.4 is 0 Å². The summed E-state index contributed by atoms with van der Waals surface area (Å²) in [5.74, 6) is 0.871. The highest BCUT2D eigenvalue weighted by Gasteiger charge is 2.41. The molecule has 1 aliphatic carbocycles. The number of alkyl halides is 2. The van der Waals surface area contributed by atoms with Crippen LogP contribution in [0.25, 0.3) is 0 Å². The van der Waals surface area contributed by atoms with E-state index in [1.54, 1.807) is 0 Å². The first kappa shape index (κ1) is 15.9. The molecule has 1 saturated carbocycles. The molecule has 4 atom stereocenters. The van der Waals surface area contributed by atoms with Gasteiger partial charge in [-0.25, -0.2) is 0 Å². The van der Waals surface area contributed by atoms with Crippen LogP contribution in [0.15, 0.2) is 0 Å². The van der Waals surface area contributed by atoms with E-state index in [9.17, 15) is 0 Å². The standard InChI is InChI=1S/C14H28Cl2Si/c1-3-5-7-11(4-2)10-14(17)9-6-8-12(15)13(14)16/h11-13H,3-10H2,1-2,17H3. The van der Waals surface area contributed by atoms with Crippen LogP contribution in [-0.4, -0.2) is 21.0 Å². The second-order valence-corrected chi connectivity index (χ2v) is 9.11.